The van der Waals surface area contributed by atoms with E-state index in [1.165, 1.54) is 101 Å². The molecule has 0 atom stereocenters. The summed E-state index contributed by atoms with van der Waals surface area (Å²) < 4.78 is 2.35. The van der Waals surface area contributed by atoms with E-state index in [9.17, 15) is 0 Å². The molecular formula is C26H40N+. The maximum Gasteiger partial charge on any atom is 0.169 e. The van der Waals surface area contributed by atoms with Gasteiger partial charge in [0.1, 0.15) is 6.54 Å². The van der Waals surface area contributed by atoms with E-state index in [1.54, 1.807) is 0 Å². The van der Waals surface area contributed by atoms with E-state index < -0.39 is 0 Å². The molecule has 1 heteroatoms. The van der Waals surface area contributed by atoms with Crippen LogP contribution in [0.3, 0.4) is 0 Å². The van der Waals surface area contributed by atoms with Crippen LogP contribution in [0.25, 0.3) is 0 Å². The summed E-state index contributed by atoms with van der Waals surface area (Å²) in [4.78, 5) is 0. The molecule has 1 aromatic heterocycles. The van der Waals surface area contributed by atoms with Gasteiger partial charge in [0.05, 0.1) is 0 Å². The zero-order valence-electron chi connectivity index (χ0n) is 17.5. The van der Waals surface area contributed by atoms with E-state index in [0.29, 0.717) is 0 Å². The summed E-state index contributed by atoms with van der Waals surface area (Å²) in [6.45, 7) is 3.46. The van der Waals surface area contributed by atoms with Gasteiger partial charge >= 0.3 is 0 Å². The number of hydrogen-bond donors (Lipinski definition) is 0. The van der Waals surface area contributed by atoms with Gasteiger partial charge in [-0.15, -0.1) is 0 Å². The Bertz CT molecular complexity index is 573. The largest absolute Gasteiger partial charge is 0.205 e. The molecule has 0 spiro atoms. The Hall–Kier alpha value is -1.63. The Morgan fingerprint density at radius 1 is 0.556 bits per heavy atom. The minimum absolute atomic E-state index is 1.17. The molecule has 0 aliphatic rings. The second kappa shape index (κ2) is 14.4. The molecule has 0 fully saturated rings. The summed E-state index contributed by atoms with van der Waals surface area (Å²) in [5.41, 5.74) is 2.91. The Morgan fingerprint density at radius 3 is 1.67 bits per heavy atom. The van der Waals surface area contributed by atoms with Gasteiger partial charge in [0, 0.05) is 18.6 Å². The van der Waals surface area contributed by atoms with Crippen LogP contribution < -0.4 is 4.57 Å². The molecule has 0 saturated carbocycles. The molecule has 0 saturated heterocycles. The lowest BCUT2D eigenvalue weighted by atomic mass is 10.0. The monoisotopic (exact) mass is 366 g/mol. The first-order chi connectivity index (χ1) is 13.4. The summed E-state index contributed by atoms with van der Waals surface area (Å²) in [7, 11) is 0. The second-order valence-corrected chi connectivity index (χ2v) is 7.97. The van der Waals surface area contributed by atoms with Gasteiger partial charge in [0.2, 0.25) is 0 Å². The summed E-state index contributed by atoms with van der Waals surface area (Å²) in [6.07, 6.45) is 22.2. The standard InChI is InChI=1S/C26H40N/c1-2-3-4-5-6-7-8-9-10-14-22-27-23-20-26(21-24-27)19-15-18-25-16-12-11-13-17-25/h11-13,16-17,20-21,23-24H,2-10,14-15,18-19,22H2,1H3/q+1. The second-order valence-electron chi connectivity index (χ2n) is 7.97. The van der Waals surface area contributed by atoms with Crippen molar-refractivity contribution in [2.24, 2.45) is 0 Å². The topological polar surface area (TPSA) is 3.88 Å². The number of aromatic nitrogens is 1. The van der Waals surface area contributed by atoms with Crippen molar-refractivity contribution in [3.63, 3.8) is 0 Å². The number of aryl methyl sites for hydroxylation is 3. The van der Waals surface area contributed by atoms with E-state index in [4.69, 9.17) is 0 Å². The molecule has 2 rings (SSSR count). The van der Waals surface area contributed by atoms with Crippen LogP contribution in [-0.4, -0.2) is 0 Å². The molecular weight excluding hydrogens is 326 g/mol. The van der Waals surface area contributed by atoms with Crippen molar-refractivity contribution in [2.45, 2.75) is 96.9 Å². The summed E-state index contributed by atoms with van der Waals surface area (Å²) in [5, 5.41) is 0. The van der Waals surface area contributed by atoms with Crippen molar-refractivity contribution >= 4 is 0 Å². The fourth-order valence-electron chi connectivity index (χ4n) is 3.73. The molecule has 1 nitrogen and oxygen atoms in total. The van der Waals surface area contributed by atoms with Crippen LogP contribution in [0.4, 0.5) is 0 Å². The first-order valence-electron chi connectivity index (χ1n) is 11.4. The zero-order valence-corrected chi connectivity index (χ0v) is 17.5. The highest BCUT2D eigenvalue weighted by molar-refractivity contribution is 5.15. The van der Waals surface area contributed by atoms with Gasteiger partial charge in [0.25, 0.3) is 0 Å². The van der Waals surface area contributed by atoms with Gasteiger partial charge in [-0.05, 0) is 36.8 Å². The summed E-state index contributed by atoms with van der Waals surface area (Å²) in [5.74, 6) is 0. The molecule has 0 bridgehead atoms. The van der Waals surface area contributed by atoms with Crippen molar-refractivity contribution in [1.82, 2.24) is 0 Å². The molecule has 27 heavy (non-hydrogen) atoms. The van der Waals surface area contributed by atoms with E-state index in [2.05, 4.69) is 66.3 Å². The normalized spacial score (nSPS) is 11.0. The molecule has 0 N–H and O–H groups in total. The fourth-order valence-corrected chi connectivity index (χ4v) is 3.73. The van der Waals surface area contributed by atoms with E-state index in [0.717, 1.165) is 0 Å². The van der Waals surface area contributed by atoms with Crippen LogP contribution >= 0.6 is 0 Å². The molecule has 0 radical (unpaired) electrons. The minimum Gasteiger partial charge on any atom is -0.205 e. The number of pyridine rings is 1. The molecule has 0 aliphatic heterocycles. The van der Waals surface area contributed by atoms with Crippen LogP contribution in [0.15, 0.2) is 54.9 Å². The molecule has 2 aromatic rings. The predicted octanol–water partition coefficient (Wildman–Crippen LogP) is 7.07. The first-order valence-corrected chi connectivity index (χ1v) is 11.4. The zero-order chi connectivity index (χ0) is 19.0. The Labute approximate surface area is 167 Å². The van der Waals surface area contributed by atoms with Gasteiger partial charge in [-0.25, -0.2) is 4.57 Å². The summed E-state index contributed by atoms with van der Waals surface area (Å²) >= 11 is 0. The van der Waals surface area contributed by atoms with Gasteiger partial charge in [0.15, 0.2) is 12.4 Å². The third kappa shape index (κ3) is 10.3. The van der Waals surface area contributed by atoms with Crippen molar-refractivity contribution in [2.75, 3.05) is 0 Å². The van der Waals surface area contributed by atoms with Gasteiger partial charge in [-0.3, -0.25) is 0 Å². The third-order valence-electron chi connectivity index (χ3n) is 5.50. The predicted molar refractivity (Wildman–Crippen MR) is 117 cm³/mol. The number of benzene rings is 1. The highest BCUT2D eigenvalue weighted by Crippen LogP contribution is 2.11. The highest BCUT2D eigenvalue weighted by Gasteiger charge is 2.02. The molecule has 1 aromatic carbocycles. The first kappa shape index (κ1) is 21.7. The van der Waals surface area contributed by atoms with Crippen molar-refractivity contribution in [3.8, 4) is 0 Å². The molecule has 1 heterocycles. The lowest BCUT2D eigenvalue weighted by Gasteiger charge is -2.03. The average Bonchev–Trinajstić information content (AvgIpc) is 2.71. The molecule has 0 unspecified atom stereocenters. The van der Waals surface area contributed by atoms with Crippen LogP contribution in [0.1, 0.15) is 88.7 Å². The minimum atomic E-state index is 1.17. The number of nitrogens with zero attached hydrogens (tertiary/aromatic N) is 1. The smallest absolute Gasteiger partial charge is 0.169 e. The van der Waals surface area contributed by atoms with Crippen LogP contribution in [-0.2, 0) is 19.4 Å². The molecule has 0 amide bonds. The van der Waals surface area contributed by atoms with Crippen LogP contribution in [0.2, 0.25) is 0 Å². The maximum absolute atomic E-state index is 2.35. The third-order valence-corrected chi connectivity index (χ3v) is 5.50. The summed E-state index contributed by atoms with van der Waals surface area (Å²) in [6, 6.07) is 15.4. The van der Waals surface area contributed by atoms with Gasteiger partial charge in [-0.1, -0.05) is 88.6 Å². The van der Waals surface area contributed by atoms with Gasteiger partial charge in [-0.2, -0.15) is 0 Å². The lowest BCUT2D eigenvalue weighted by Crippen LogP contribution is -2.32. The molecule has 0 aliphatic carbocycles. The van der Waals surface area contributed by atoms with Crippen molar-refractivity contribution < 1.29 is 4.57 Å². The van der Waals surface area contributed by atoms with Gasteiger partial charge < -0.3 is 0 Å². The number of unbranched alkanes of at least 4 members (excludes halogenated alkanes) is 9. The Morgan fingerprint density at radius 2 is 1.07 bits per heavy atom. The fraction of sp³-hybridized carbons (Fsp3) is 0.577. The van der Waals surface area contributed by atoms with Crippen molar-refractivity contribution in [1.29, 1.82) is 0 Å². The quantitative estimate of drug-likeness (QED) is 0.234. The Kier molecular flexibility index (Phi) is 11.6. The van der Waals surface area contributed by atoms with Crippen LogP contribution in [0.5, 0.6) is 0 Å². The van der Waals surface area contributed by atoms with E-state index in [-0.39, 0.29) is 0 Å². The van der Waals surface area contributed by atoms with E-state index in [1.807, 2.05) is 0 Å². The lowest BCUT2D eigenvalue weighted by molar-refractivity contribution is -0.697. The van der Waals surface area contributed by atoms with E-state index >= 15 is 0 Å². The number of hydrogen-bond acceptors (Lipinski definition) is 0. The molecule has 148 valence electrons. The number of rotatable bonds is 15. The SMILES string of the molecule is CCCCCCCCCCCC[n+]1ccc(CCCc2ccccc2)cc1. The average molecular weight is 367 g/mol. The van der Waals surface area contributed by atoms with Crippen LogP contribution in [0, 0.1) is 0 Å². The van der Waals surface area contributed by atoms with Crippen molar-refractivity contribution in [3.05, 3.63) is 66.0 Å². The Balaban J connectivity index is 1.49. The maximum atomic E-state index is 2.35. The highest BCUT2D eigenvalue weighted by atomic mass is 14.9.